The number of nitrogens with one attached hydrogen (secondary N) is 1. The fourth-order valence-corrected chi connectivity index (χ4v) is 3.41. The first kappa shape index (κ1) is 13.5. The van der Waals surface area contributed by atoms with E-state index in [1.165, 1.54) is 29.5 Å². The minimum absolute atomic E-state index is 0.556. The second-order valence-electron chi connectivity index (χ2n) is 6.24. The number of rotatable bonds is 3. The smallest absolute Gasteiger partial charge is 0.139 e. The number of hydrogen-bond acceptors (Lipinski definition) is 2. The normalized spacial score (nSPS) is 17.6. The molecular weight excluding hydrogens is 270 g/mol. The SMILES string of the molecule is Cc1cccn2cc(CNC3CCc4ccccc4C3)nc12. The molecule has 0 fully saturated rings. The number of aromatic nitrogens is 2. The first-order valence-electron chi connectivity index (χ1n) is 8.03. The van der Waals surface area contributed by atoms with Crippen LogP contribution in [-0.2, 0) is 19.4 Å². The van der Waals surface area contributed by atoms with Gasteiger partial charge in [0.05, 0.1) is 5.69 Å². The Balaban J connectivity index is 1.45. The highest BCUT2D eigenvalue weighted by Gasteiger charge is 2.17. The average Bonchev–Trinajstić information content (AvgIpc) is 2.97. The predicted molar refractivity (Wildman–Crippen MR) is 89.0 cm³/mol. The number of imidazole rings is 1. The molecule has 1 aromatic carbocycles. The van der Waals surface area contributed by atoms with Crippen LogP contribution in [0.2, 0.25) is 0 Å². The van der Waals surface area contributed by atoms with Crippen LogP contribution < -0.4 is 5.32 Å². The molecule has 1 unspecified atom stereocenters. The number of hydrogen-bond donors (Lipinski definition) is 1. The summed E-state index contributed by atoms with van der Waals surface area (Å²) in [5.41, 5.74) is 6.42. The molecule has 2 aromatic heterocycles. The summed E-state index contributed by atoms with van der Waals surface area (Å²) in [5.74, 6) is 0. The first-order valence-corrected chi connectivity index (χ1v) is 8.03. The lowest BCUT2D eigenvalue weighted by atomic mass is 9.88. The summed E-state index contributed by atoms with van der Waals surface area (Å²) in [6.07, 6.45) is 7.71. The van der Waals surface area contributed by atoms with E-state index in [1.807, 2.05) is 0 Å². The molecule has 4 rings (SSSR count). The molecule has 0 saturated heterocycles. The van der Waals surface area contributed by atoms with Gasteiger partial charge in [0.2, 0.25) is 0 Å². The lowest BCUT2D eigenvalue weighted by Gasteiger charge is -2.25. The molecule has 1 N–H and O–H groups in total. The van der Waals surface area contributed by atoms with Crippen molar-refractivity contribution in [3.05, 3.63) is 71.2 Å². The van der Waals surface area contributed by atoms with Gasteiger partial charge in [-0.3, -0.25) is 0 Å². The first-order chi connectivity index (χ1) is 10.8. The highest BCUT2D eigenvalue weighted by molar-refractivity contribution is 5.47. The van der Waals surface area contributed by atoms with Crippen LogP contribution in [0.25, 0.3) is 5.65 Å². The van der Waals surface area contributed by atoms with Crippen LogP contribution in [0.5, 0.6) is 0 Å². The monoisotopic (exact) mass is 291 g/mol. The number of nitrogens with zero attached hydrogens (tertiary/aromatic N) is 2. The molecule has 1 aliphatic carbocycles. The summed E-state index contributed by atoms with van der Waals surface area (Å²) in [6, 6.07) is 13.5. The number of aryl methyl sites for hydroxylation is 2. The van der Waals surface area contributed by atoms with E-state index >= 15 is 0 Å². The van der Waals surface area contributed by atoms with E-state index in [9.17, 15) is 0 Å². The van der Waals surface area contributed by atoms with Crippen molar-refractivity contribution in [1.29, 1.82) is 0 Å². The largest absolute Gasteiger partial charge is 0.308 e. The maximum absolute atomic E-state index is 4.74. The predicted octanol–water partition coefficient (Wildman–Crippen LogP) is 3.29. The van der Waals surface area contributed by atoms with Crippen molar-refractivity contribution in [2.24, 2.45) is 0 Å². The van der Waals surface area contributed by atoms with Crippen LogP contribution in [0.1, 0.15) is 28.8 Å². The van der Waals surface area contributed by atoms with Gasteiger partial charge in [-0.2, -0.15) is 0 Å². The third kappa shape index (κ3) is 2.53. The van der Waals surface area contributed by atoms with Gasteiger partial charge in [-0.1, -0.05) is 30.3 Å². The molecule has 0 aliphatic heterocycles. The zero-order valence-corrected chi connectivity index (χ0v) is 12.9. The van der Waals surface area contributed by atoms with E-state index in [4.69, 9.17) is 4.98 Å². The zero-order valence-electron chi connectivity index (χ0n) is 12.9. The Bertz CT molecular complexity index is 803. The van der Waals surface area contributed by atoms with E-state index in [1.54, 1.807) is 0 Å². The number of benzene rings is 1. The lowest BCUT2D eigenvalue weighted by Crippen LogP contribution is -2.34. The fraction of sp³-hybridized carbons (Fsp3) is 0.316. The van der Waals surface area contributed by atoms with E-state index in [0.717, 1.165) is 24.3 Å². The Morgan fingerprint density at radius 2 is 2.05 bits per heavy atom. The molecule has 0 amide bonds. The molecule has 1 atom stereocenters. The van der Waals surface area contributed by atoms with Crippen molar-refractivity contribution in [2.45, 2.75) is 38.8 Å². The van der Waals surface area contributed by atoms with Gasteiger partial charge in [-0.15, -0.1) is 0 Å². The molecule has 0 radical (unpaired) electrons. The molecule has 22 heavy (non-hydrogen) atoms. The van der Waals surface area contributed by atoms with E-state index in [0.29, 0.717) is 6.04 Å². The van der Waals surface area contributed by atoms with Crippen molar-refractivity contribution in [3.8, 4) is 0 Å². The van der Waals surface area contributed by atoms with Gasteiger partial charge < -0.3 is 9.72 Å². The van der Waals surface area contributed by atoms with E-state index in [-0.39, 0.29) is 0 Å². The van der Waals surface area contributed by atoms with E-state index in [2.05, 4.69) is 65.4 Å². The minimum Gasteiger partial charge on any atom is -0.308 e. The van der Waals surface area contributed by atoms with Crippen molar-refractivity contribution in [2.75, 3.05) is 0 Å². The van der Waals surface area contributed by atoms with Crippen molar-refractivity contribution in [1.82, 2.24) is 14.7 Å². The van der Waals surface area contributed by atoms with Crippen LogP contribution >= 0.6 is 0 Å². The summed E-state index contributed by atoms with van der Waals surface area (Å²) in [6.45, 7) is 2.95. The third-order valence-corrected chi connectivity index (χ3v) is 4.65. The van der Waals surface area contributed by atoms with Gasteiger partial charge in [0.15, 0.2) is 0 Å². The third-order valence-electron chi connectivity index (χ3n) is 4.65. The maximum Gasteiger partial charge on any atom is 0.139 e. The molecule has 3 heteroatoms. The summed E-state index contributed by atoms with van der Waals surface area (Å²) >= 11 is 0. The molecule has 2 heterocycles. The maximum atomic E-state index is 4.74. The summed E-state index contributed by atoms with van der Waals surface area (Å²) < 4.78 is 2.11. The summed E-state index contributed by atoms with van der Waals surface area (Å²) in [5, 5.41) is 3.68. The molecule has 112 valence electrons. The highest BCUT2D eigenvalue weighted by Crippen LogP contribution is 2.21. The van der Waals surface area contributed by atoms with Gasteiger partial charge in [-0.05, 0) is 48.9 Å². The molecule has 0 spiro atoms. The standard InChI is InChI=1S/C19H21N3/c1-14-5-4-10-22-13-18(21-19(14)22)12-20-17-9-8-15-6-2-3-7-16(15)11-17/h2-7,10,13,17,20H,8-9,11-12H2,1H3. The summed E-state index contributed by atoms with van der Waals surface area (Å²) in [4.78, 5) is 4.74. The Morgan fingerprint density at radius 3 is 2.91 bits per heavy atom. The molecule has 3 aromatic rings. The number of fused-ring (bicyclic) bond motifs is 2. The Kier molecular flexibility index (Phi) is 3.43. The molecular formula is C19H21N3. The Labute approximate surface area is 131 Å². The Morgan fingerprint density at radius 1 is 1.18 bits per heavy atom. The number of pyridine rings is 1. The quantitative estimate of drug-likeness (QED) is 0.802. The highest BCUT2D eigenvalue weighted by atomic mass is 15.0. The molecule has 1 aliphatic rings. The fourth-order valence-electron chi connectivity index (χ4n) is 3.41. The van der Waals surface area contributed by atoms with Gasteiger partial charge in [0.1, 0.15) is 5.65 Å². The van der Waals surface area contributed by atoms with Crippen LogP contribution in [0.3, 0.4) is 0 Å². The van der Waals surface area contributed by atoms with Crippen molar-refractivity contribution in [3.63, 3.8) is 0 Å². The minimum atomic E-state index is 0.556. The van der Waals surface area contributed by atoms with Gasteiger partial charge in [-0.25, -0.2) is 4.98 Å². The van der Waals surface area contributed by atoms with Gasteiger partial charge in [0, 0.05) is 25.0 Å². The summed E-state index contributed by atoms with van der Waals surface area (Å²) in [7, 11) is 0. The Hall–Kier alpha value is -2.13. The molecule has 0 bridgehead atoms. The van der Waals surface area contributed by atoms with Gasteiger partial charge in [0.25, 0.3) is 0 Å². The van der Waals surface area contributed by atoms with Crippen LogP contribution in [0.4, 0.5) is 0 Å². The van der Waals surface area contributed by atoms with Crippen LogP contribution in [-0.4, -0.2) is 15.4 Å². The molecule has 3 nitrogen and oxygen atoms in total. The lowest BCUT2D eigenvalue weighted by molar-refractivity contribution is 0.455. The van der Waals surface area contributed by atoms with E-state index < -0.39 is 0 Å². The second-order valence-corrected chi connectivity index (χ2v) is 6.24. The van der Waals surface area contributed by atoms with Crippen LogP contribution in [0.15, 0.2) is 48.8 Å². The van der Waals surface area contributed by atoms with Crippen LogP contribution in [0, 0.1) is 6.92 Å². The zero-order chi connectivity index (χ0) is 14.9. The topological polar surface area (TPSA) is 29.3 Å². The second kappa shape index (κ2) is 5.58. The molecule has 0 saturated carbocycles. The average molecular weight is 291 g/mol. The van der Waals surface area contributed by atoms with Crippen molar-refractivity contribution < 1.29 is 0 Å². The van der Waals surface area contributed by atoms with Gasteiger partial charge >= 0.3 is 0 Å². The van der Waals surface area contributed by atoms with Crippen molar-refractivity contribution >= 4 is 5.65 Å².